The predicted octanol–water partition coefficient (Wildman–Crippen LogP) is 4.32. The summed E-state index contributed by atoms with van der Waals surface area (Å²) in [5.41, 5.74) is 0.842. The fourth-order valence-electron chi connectivity index (χ4n) is 2.10. The monoisotopic (exact) mass is 395 g/mol. The van der Waals surface area contributed by atoms with E-state index in [9.17, 15) is 9.18 Å². The zero-order valence-corrected chi connectivity index (χ0v) is 15.2. The molecule has 0 heterocycles. The van der Waals surface area contributed by atoms with E-state index in [0.717, 1.165) is 12.0 Å². The maximum atomic E-state index is 13.8. The second kappa shape index (κ2) is 8.68. The summed E-state index contributed by atoms with van der Waals surface area (Å²) in [6.07, 6.45) is 0.902. The van der Waals surface area contributed by atoms with Gasteiger partial charge in [0.05, 0.1) is 19.3 Å². The van der Waals surface area contributed by atoms with Gasteiger partial charge in [-0.1, -0.05) is 28.9 Å². The molecular weight excluding hydrogens is 377 g/mol. The summed E-state index contributed by atoms with van der Waals surface area (Å²) >= 11 is 3.16. The lowest BCUT2D eigenvalue weighted by atomic mass is 10.1. The molecule has 0 spiro atoms. The molecule has 0 saturated heterocycles. The maximum absolute atomic E-state index is 13.8. The minimum Gasteiger partial charge on any atom is -0.493 e. The molecule has 6 heteroatoms. The highest BCUT2D eigenvalue weighted by molar-refractivity contribution is 9.10. The molecule has 0 aromatic heterocycles. The normalized spacial score (nSPS) is 10.3. The fourth-order valence-corrected chi connectivity index (χ4v) is 2.44. The third-order valence-electron chi connectivity index (χ3n) is 3.32. The zero-order valence-electron chi connectivity index (χ0n) is 13.6. The molecule has 1 N–H and O–H groups in total. The summed E-state index contributed by atoms with van der Waals surface area (Å²) in [7, 11) is 1.56. The van der Waals surface area contributed by atoms with Gasteiger partial charge in [0.15, 0.2) is 11.5 Å². The van der Waals surface area contributed by atoms with Crippen molar-refractivity contribution in [3.63, 3.8) is 0 Å². The summed E-state index contributed by atoms with van der Waals surface area (Å²) in [4.78, 5) is 12.1. The summed E-state index contributed by atoms with van der Waals surface area (Å²) in [6.45, 7) is 2.89. The lowest BCUT2D eigenvalue weighted by Gasteiger charge is -2.12. The Morgan fingerprint density at radius 1 is 1.21 bits per heavy atom. The van der Waals surface area contributed by atoms with Crippen LogP contribution in [0.1, 0.15) is 29.3 Å². The Balaban J connectivity index is 2.04. The number of benzene rings is 2. The van der Waals surface area contributed by atoms with Gasteiger partial charge in [0.1, 0.15) is 5.82 Å². The van der Waals surface area contributed by atoms with Gasteiger partial charge < -0.3 is 14.8 Å². The van der Waals surface area contributed by atoms with E-state index in [1.165, 1.54) is 12.1 Å². The minimum atomic E-state index is -0.567. The molecule has 0 saturated carbocycles. The van der Waals surface area contributed by atoms with Crippen LogP contribution < -0.4 is 14.8 Å². The van der Waals surface area contributed by atoms with E-state index in [0.29, 0.717) is 22.6 Å². The summed E-state index contributed by atoms with van der Waals surface area (Å²) in [5.74, 6) is 0.228. The first-order valence-electron chi connectivity index (χ1n) is 7.58. The molecule has 0 unspecified atom stereocenters. The second-order valence-corrected chi connectivity index (χ2v) is 6.06. The maximum Gasteiger partial charge on any atom is 0.254 e. The smallest absolute Gasteiger partial charge is 0.254 e. The van der Waals surface area contributed by atoms with Crippen molar-refractivity contribution in [3.8, 4) is 11.5 Å². The van der Waals surface area contributed by atoms with E-state index in [2.05, 4.69) is 21.2 Å². The highest BCUT2D eigenvalue weighted by Gasteiger charge is 2.12. The van der Waals surface area contributed by atoms with Crippen molar-refractivity contribution in [1.82, 2.24) is 5.32 Å². The van der Waals surface area contributed by atoms with Crippen LogP contribution in [-0.2, 0) is 6.54 Å². The molecule has 0 bridgehead atoms. The Labute approximate surface area is 149 Å². The van der Waals surface area contributed by atoms with Crippen LogP contribution in [0.25, 0.3) is 0 Å². The number of carbonyl (C=O) groups excluding carboxylic acids is 1. The van der Waals surface area contributed by atoms with Crippen LogP contribution in [-0.4, -0.2) is 19.6 Å². The van der Waals surface area contributed by atoms with Crippen LogP contribution in [0, 0.1) is 5.82 Å². The number of ether oxygens (including phenoxy) is 2. The molecule has 1 amide bonds. The molecule has 0 radical (unpaired) electrons. The topological polar surface area (TPSA) is 47.6 Å². The first kappa shape index (κ1) is 18.3. The molecule has 0 aliphatic carbocycles. The third-order valence-corrected chi connectivity index (χ3v) is 3.81. The number of hydrogen-bond acceptors (Lipinski definition) is 3. The quantitative estimate of drug-likeness (QED) is 0.759. The number of carbonyl (C=O) groups is 1. The van der Waals surface area contributed by atoms with Crippen molar-refractivity contribution in [3.05, 3.63) is 57.8 Å². The molecule has 128 valence electrons. The Kier molecular flexibility index (Phi) is 6.61. The van der Waals surface area contributed by atoms with Crippen LogP contribution in [0.4, 0.5) is 4.39 Å². The SMILES string of the molecule is CCCOc1ccc(CNC(=O)c2ccc(Br)cc2F)cc1OC. The Bertz CT molecular complexity index is 721. The molecule has 0 aliphatic rings. The Morgan fingerprint density at radius 3 is 2.67 bits per heavy atom. The highest BCUT2D eigenvalue weighted by Crippen LogP contribution is 2.28. The van der Waals surface area contributed by atoms with Gasteiger partial charge >= 0.3 is 0 Å². The first-order valence-corrected chi connectivity index (χ1v) is 8.37. The lowest BCUT2D eigenvalue weighted by Crippen LogP contribution is -2.23. The number of hydrogen-bond donors (Lipinski definition) is 1. The van der Waals surface area contributed by atoms with E-state index in [4.69, 9.17) is 9.47 Å². The van der Waals surface area contributed by atoms with Crippen LogP contribution in [0.5, 0.6) is 11.5 Å². The zero-order chi connectivity index (χ0) is 17.5. The average Bonchev–Trinajstić information content (AvgIpc) is 2.58. The molecule has 0 atom stereocenters. The molecule has 4 nitrogen and oxygen atoms in total. The molecule has 2 aromatic carbocycles. The van der Waals surface area contributed by atoms with Crippen molar-refractivity contribution < 1.29 is 18.7 Å². The van der Waals surface area contributed by atoms with Crippen LogP contribution >= 0.6 is 15.9 Å². The fraction of sp³-hybridized carbons (Fsp3) is 0.278. The van der Waals surface area contributed by atoms with E-state index < -0.39 is 11.7 Å². The van der Waals surface area contributed by atoms with Crippen LogP contribution in [0.3, 0.4) is 0 Å². The first-order chi connectivity index (χ1) is 11.5. The number of nitrogens with one attached hydrogen (secondary N) is 1. The van der Waals surface area contributed by atoms with Gasteiger partial charge in [-0.3, -0.25) is 4.79 Å². The van der Waals surface area contributed by atoms with Crippen LogP contribution in [0.2, 0.25) is 0 Å². The average molecular weight is 396 g/mol. The van der Waals surface area contributed by atoms with Gasteiger partial charge in [-0.2, -0.15) is 0 Å². The molecule has 24 heavy (non-hydrogen) atoms. The summed E-state index contributed by atoms with van der Waals surface area (Å²) in [5, 5.41) is 2.70. The van der Waals surface area contributed by atoms with Gasteiger partial charge in [-0.25, -0.2) is 4.39 Å². The van der Waals surface area contributed by atoms with Gasteiger partial charge in [-0.05, 0) is 42.3 Å². The van der Waals surface area contributed by atoms with Crippen molar-refractivity contribution in [2.24, 2.45) is 0 Å². The summed E-state index contributed by atoms with van der Waals surface area (Å²) < 4.78 is 25.3. The molecule has 2 rings (SSSR count). The van der Waals surface area contributed by atoms with Gasteiger partial charge in [-0.15, -0.1) is 0 Å². The summed E-state index contributed by atoms with van der Waals surface area (Å²) in [6, 6.07) is 9.76. The second-order valence-electron chi connectivity index (χ2n) is 5.14. The molecule has 0 aliphatic heterocycles. The lowest BCUT2D eigenvalue weighted by molar-refractivity contribution is 0.0947. The van der Waals surface area contributed by atoms with E-state index in [-0.39, 0.29) is 12.1 Å². The van der Waals surface area contributed by atoms with Gasteiger partial charge in [0.2, 0.25) is 0 Å². The number of amides is 1. The van der Waals surface area contributed by atoms with Crippen molar-refractivity contribution in [1.29, 1.82) is 0 Å². The van der Waals surface area contributed by atoms with Gasteiger partial charge in [0.25, 0.3) is 5.91 Å². The van der Waals surface area contributed by atoms with E-state index >= 15 is 0 Å². The van der Waals surface area contributed by atoms with E-state index in [1.807, 2.05) is 13.0 Å². The highest BCUT2D eigenvalue weighted by atomic mass is 79.9. The Morgan fingerprint density at radius 2 is 2.00 bits per heavy atom. The predicted molar refractivity (Wildman–Crippen MR) is 94.1 cm³/mol. The van der Waals surface area contributed by atoms with Crippen LogP contribution in [0.15, 0.2) is 40.9 Å². The molecular formula is C18H19BrFNO3. The largest absolute Gasteiger partial charge is 0.493 e. The number of halogens is 2. The molecule has 2 aromatic rings. The van der Waals surface area contributed by atoms with Crippen molar-refractivity contribution >= 4 is 21.8 Å². The standard InChI is InChI=1S/C18H19BrFNO3/c1-3-8-24-16-7-4-12(9-17(16)23-2)11-21-18(22)14-6-5-13(19)10-15(14)20/h4-7,9-10H,3,8,11H2,1-2H3,(H,21,22). The third kappa shape index (κ3) is 4.71. The van der Waals surface area contributed by atoms with Gasteiger partial charge in [0, 0.05) is 11.0 Å². The molecule has 0 fully saturated rings. The Hall–Kier alpha value is -2.08. The van der Waals surface area contributed by atoms with Crippen molar-refractivity contribution in [2.75, 3.05) is 13.7 Å². The minimum absolute atomic E-state index is 0.00747. The number of methoxy groups -OCH3 is 1. The van der Waals surface area contributed by atoms with E-state index in [1.54, 1.807) is 25.3 Å². The van der Waals surface area contributed by atoms with Crippen molar-refractivity contribution in [2.45, 2.75) is 19.9 Å². The number of rotatable bonds is 7.